The fourth-order valence-corrected chi connectivity index (χ4v) is 1.86. The van der Waals surface area contributed by atoms with Crippen LogP contribution in [0.3, 0.4) is 0 Å². The van der Waals surface area contributed by atoms with Crippen LogP contribution in [-0.2, 0) is 17.8 Å². The number of pyridine rings is 1. The number of furan rings is 1. The van der Waals surface area contributed by atoms with E-state index in [9.17, 15) is 4.79 Å². The van der Waals surface area contributed by atoms with Crippen LogP contribution in [0.25, 0.3) is 11.5 Å². The second-order valence-corrected chi connectivity index (χ2v) is 4.47. The van der Waals surface area contributed by atoms with Gasteiger partial charge in [0.2, 0.25) is 11.7 Å². The maximum absolute atomic E-state index is 11.8. The molecule has 3 aromatic heterocycles. The van der Waals surface area contributed by atoms with Crippen LogP contribution in [0.2, 0.25) is 0 Å². The molecule has 0 radical (unpaired) electrons. The SMILES string of the molecule is O=C(Cc1cc(-c2ccco2)on1)NCc1ccncc1. The molecule has 1 N–H and O–H groups in total. The smallest absolute Gasteiger partial charge is 0.226 e. The Kier molecular flexibility index (Phi) is 3.77. The van der Waals surface area contributed by atoms with E-state index < -0.39 is 0 Å². The molecule has 0 atom stereocenters. The molecule has 0 fully saturated rings. The lowest BCUT2D eigenvalue weighted by molar-refractivity contribution is -0.120. The van der Waals surface area contributed by atoms with E-state index in [4.69, 9.17) is 8.94 Å². The number of carbonyl (C=O) groups excluding carboxylic acids is 1. The Bertz CT molecular complexity index is 705. The first kappa shape index (κ1) is 13.1. The summed E-state index contributed by atoms with van der Waals surface area (Å²) in [5, 5.41) is 6.68. The average Bonchev–Trinajstić information content (AvgIpc) is 3.17. The predicted molar refractivity (Wildman–Crippen MR) is 74.0 cm³/mol. The zero-order valence-corrected chi connectivity index (χ0v) is 11.2. The number of aromatic nitrogens is 2. The number of nitrogens with one attached hydrogen (secondary N) is 1. The maximum Gasteiger partial charge on any atom is 0.226 e. The lowest BCUT2D eigenvalue weighted by Gasteiger charge is -2.03. The Balaban J connectivity index is 1.55. The zero-order chi connectivity index (χ0) is 14.5. The maximum atomic E-state index is 11.8. The summed E-state index contributed by atoms with van der Waals surface area (Å²) in [5.41, 5.74) is 1.56. The Labute approximate surface area is 120 Å². The highest BCUT2D eigenvalue weighted by atomic mass is 16.5. The number of amides is 1. The normalized spacial score (nSPS) is 10.5. The van der Waals surface area contributed by atoms with Crippen LogP contribution in [0.4, 0.5) is 0 Å². The fraction of sp³-hybridized carbons (Fsp3) is 0.133. The molecule has 0 saturated carbocycles. The molecule has 0 aliphatic carbocycles. The first-order chi connectivity index (χ1) is 10.3. The minimum Gasteiger partial charge on any atom is -0.461 e. The molecule has 0 aromatic carbocycles. The number of nitrogens with zero attached hydrogens (tertiary/aromatic N) is 2. The predicted octanol–water partition coefficient (Wildman–Crippen LogP) is 2.19. The van der Waals surface area contributed by atoms with Crippen molar-refractivity contribution in [2.45, 2.75) is 13.0 Å². The first-order valence-electron chi connectivity index (χ1n) is 6.46. The average molecular weight is 283 g/mol. The lowest BCUT2D eigenvalue weighted by Crippen LogP contribution is -2.24. The number of rotatable bonds is 5. The summed E-state index contributed by atoms with van der Waals surface area (Å²) >= 11 is 0. The van der Waals surface area contributed by atoms with Gasteiger partial charge in [0, 0.05) is 25.0 Å². The molecule has 6 nitrogen and oxygen atoms in total. The molecule has 3 aromatic rings. The van der Waals surface area contributed by atoms with Gasteiger partial charge in [-0.3, -0.25) is 9.78 Å². The van der Waals surface area contributed by atoms with Gasteiger partial charge in [0.15, 0.2) is 5.76 Å². The standard InChI is InChI=1S/C15H13N3O3/c19-15(17-10-11-3-5-16-6-4-11)9-12-8-14(21-18-12)13-2-1-7-20-13/h1-8H,9-10H2,(H,17,19). The molecule has 1 amide bonds. The van der Waals surface area contributed by atoms with Gasteiger partial charge in [-0.15, -0.1) is 0 Å². The fourth-order valence-electron chi connectivity index (χ4n) is 1.86. The summed E-state index contributed by atoms with van der Waals surface area (Å²) in [6, 6.07) is 8.94. The molecule has 6 heteroatoms. The van der Waals surface area contributed by atoms with Crippen molar-refractivity contribution in [3.05, 3.63) is 60.2 Å². The van der Waals surface area contributed by atoms with Crippen molar-refractivity contribution >= 4 is 5.91 Å². The number of carbonyl (C=O) groups is 1. The molecule has 0 saturated heterocycles. The molecular formula is C15H13N3O3. The van der Waals surface area contributed by atoms with Crippen LogP contribution in [0.5, 0.6) is 0 Å². The highest BCUT2D eigenvalue weighted by Crippen LogP contribution is 2.20. The molecular weight excluding hydrogens is 270 g/mol. The van der Waals surface area contributed by atoms with Gasteiger partial charge in [-0.25, -0.2) is 0 Å². The van der Waals surface area contributed by atoms with Crippen molar-refractivity contribution < 1.29 is 13.7 Å². The van der Waals surface area contributed by atoms with Gasteiger partial charge in [0.05, 0.1) is 18.4 Å². The molecule has 21 heavy (non-hydrogen) atoms. The highest BCUT2D eigenvalue weighted by molar-refractivity contribution is 5.78. The summed E-state index contributed by atoms with van der Waals surface area (Å²) < 4.78 is 10.3. The Morgan fingerprint density at radius 3 is 2.81 bits per heavy atom. The van der Waals surface area contributed by atoms with Gasteiger partial charge in [-0.05, 0) is 29.8 Å². The zero-order valence-electron chi connectivity index (χ0n) is 11.2. The second-order valence-electron chi connectivity index (χ2n) is 4.47. The van der Waals surface area contributed by atoms with E-state index in [1.54, 1.807) is 36.9 Å². The summed E-state index contributed by atoms with van der Waals surface area (Å²) in [6.07, 6.45) is 5.09. The Hall–Kier alpha value is -2.89. The lowest BCUT2D eigenvalue weighted by atomic mass is 10.2. The van der Waals surface area contributed by atoms with Crippen molar-refractivity contribution in [2.24, 2.45) is 0 Å². The third-order valence-electron chi connectivity index (χ3n) is 2.90. The Morgan fingerprint density at radius 1 is 1.19 bits per heavy atom. The van der Waals surface area contributed by atoms with Gasteiger partial charge in [0.1, 0.15) is 0 Å². The quantitative estimate of drug-likeness (QED) is 0.776. The van der Waals surface area contributed by atoms with E-state index in [1.165, 1.54) is 0 Å². The van der Waals surface area contributed by atoms with Crippen LogP contribution < -0.4 is 5.32 Å². The van der Waals surface area contributed by atoms with Crippen molar-refractivity contribution in [1.29, 1.82) is 0 Å². The van der Waals surface area contributed by atoms with E-state index in [0.717, 1.165) is 5.56 Å². The molecule has 3 heterocycles. The third-order valence-corrected chi connectivity index (χ3v) is 2.90. The van der Waals surface area contributed by atoms with Gasteiger partial charge >= 0.3 is 0 Å². The van der Waals surface area contributed by atoms with Gasteiger partial charge in [0.25, 0.3) is 0 Å². The minimum absolute atomic E-state index is 0.119. The monoisotopic (exact) mass is 283 g/mol. The van der Waals surface area contributed by atoms with E-state index in [0.29, 0.717) is 23.8 Å². The Morgan fingerprint density at radius 2 is 2.05 bits per heavy atom. The van der Waals surface area contributed by atoms with Crippen molar-refractivity contribution in [1.82, 2.24) is 15.5 Å². The molecule has 106 valence electrons. The summed E-state index contributed by atoms with van der Waals surface area (Å²) in [7, 11) is 0. The summed E-state index contributed by atoms with van der Waals surface area (Å²) in [6.45, 7) is 0.463. The van der Waals surface area contributed by atoms with Crippen molar-refractivity contribution in [3.63, 3.8) is 0 Å². The van der Waals surface area contributed by atoms with E-state index in [-0.39, 0.29) is 12.3 Å². The molecule has 0 bridgehead atoms. The summed E-state index contributed by atoms with van der Waals surface area (Å²) in [5.74, 6) is 0.981. The van der Waals surface area contributed by atoms with Crippen LogP contribution >= 0.6 is 0 Å². The minimum atomic E-state index is -0.119. The molecule has 0 aliphatic heterocycles. The molecule has 0 spiro atoms. The second kappa shape index (κ2) is 6.04. The first-order valence-corrected chi connectivity index (χ1v) is 6.46. The van der Waals surface area contributed by atoms with E-state index >= 15 is 0 Å². The third kappa shape index (κ3) is 3.36. The van der Waals surface area contributed by atoms with Gasteiger partial charge in [-0.1, -0.05) is 5.16 Å². The van der Waals surface area contributed by atoms with Gasteiger partial charge < -0.3 is 14.3 Å². The number of hydrogen-bond acceptors (Lipinski definition) is 5. The molecule has 0 unspecified atom stereocenters. The highest BCUT2D eigenvalue weighted by Gasteiger charge is 2.12. The van der Waals surface area contributed by atoms with Gasteiger partial charge in [-0.2, -0.15) is 0 Å². The van der Waals surface area contributed by atoms with E-state index in [1.807, 2.05) is 12.1 Å². The van der Waals surface area contributed by atoms with Crippen molar-refractivity contribution in [3.8, 4) is 11.5 Å². The largest absolute Gasteiger partial charge is 0.461 e. The summed E-state index contributed by atoms with van der Waals surface area (Å²) in [4.78, 5) is 15.8. The van der Waals surface area contributed by atoms with E-state index in [2.05, 4.69) is 15.5 Å². The number of hydrogen-bond donors (Lipinski definition) is 1. The van der Waals surface area contributed by atoms with Crippen LogP contribution in [0, 0.1) is 0 Å². The van der Waals surface area contributed by atoms with Crippen LogP contribution in [0.15, 0.2) is 57.9 Å². The van der Waals surface area contributed by atoms with Crippen LogP contribution in [-0.4, -0.2) is 16.0 Å². The van der Waals surface area contributed by atoms with Crippen LogP contribution in [0.1, 0.15) is 11.3 Å². The van der Waals surface area contributed by atoms with Crippen molar-refractivity contribution in [2.75, 3.05) is 0 Å². The molecule has 3 rings (SSSR count). The topological polar surface area (TPSA) is 81.2 Å². The molecule has 0 aliphatic rings.